The quantitative estimate of drug-likeness (QED) is 0.469. The Kier molecular flexibility index (Phi) is 8.97. The van der Waals surface area contributed by atoms with Gasteiger partial charge in [-0.25, -0.2) is 9.59 Å². The number of carbonyl (C=O) groups is 2. The molecule has 142 valence electrons. The molecule has 2 heterocycles. The normalized spacial score (nSPS) is 24.7. The molecule has 1 saturated heterocycles. The zero-order valence-corrected chi connectivity index (χ0v) is 15.3. The third kappa shape index (κ3) is 7.57. The molecule has 1 atom stereocenters. The van der Waals surface area contributed by atoms with Crippen molar-refractivity contribution in [3.8, 4) is 0 Å². The van der Waals surface area contributed by atoms with Gasteiger partial charge in [-0.15, -0.1) is 0 Å². The van der Waals surface area contributed by atoms with Crippen LogP contribution in [0.5, 0.6) is 0 Å². The molecule has 2 rings (SSSR count). The Morgan fingerprint density at radius 2 is 1.88 bits per heavy atom. The molecule has 0 N–H and O–H groups in total. The summed E-state index contributed by atoms with van der Waals surface area (Å²) in [6, 6.07) is 0. The minimum absolute atomic E-state index is 0.162. The van der Waals surface area contributed by atoms with Crippen molar-refractivity contribution < 1.29 is 23.8 Å². The van der Waals surface area contributed by atoms with Crippen molar-refractivity contribution >= 4 is 11.9 Å². The van der Waals surface area contributed by atoms with Crippen LogP contribution in [0.3, 0.4) is 0 Å². The second-order valence-corrected chi connectivity index (χ2v) is 6.73. The molecule has 0 aromatic heterocycles. The van der Waals surface area contributed by atoms with Crippen molar-refractivity contribution in [3.05, 3.63) is 11.6 Å². The Morgan fingerprint density at radius 3 is 2.64 bits per heavy atom. The van der Waals surface area contributed by atoms with Gasteiger partial charge in [0.25, 0.3) is 0 Å². The lowest BCUT2D eigenvalue weighted by Gasteiger charge is -2.26. The maximum Gasteiger partial charge on any atom is 0.334 e. The lowest BCUT2D eigenvalue weighted by Crippen LogP contribution is -2.36. The van der Waals surface area contributed by atoms with Crippen LogP contribution < -0.4 is 0 Å². The molecular weight excluding hydrogens is 322 g/mol. The van der Waals surface area contributed by atoms with E-state index in [2.05, 4.69) is 4.90 Å². The van der Waals surface area contributed by atoms with Crippen LogP contribution in [0.25, 0.3) is 0 Å². The third-order valence-electron chi connectivity index (χ3n) is 4.62. The second kappa shape index (κ2) is 11.3. The van der Waals surface area contributed by atoms with Crippen molar-refractivity contribution in [2.45, 2.75) is 58.0 Å². The van der Waals surface area contributed by atoms with Crippen LogP contribution in [0.4, 0.5) is 0 Å². The first-order valence-corrected chi connectivity index (χ1v) is 9.57. The molecule has 0 spiro atoms. The number of nitrogens with zero attached hydrogens (tertiary/aromatic N) is 1. The number of esters is 2. The number of hydrogen-bond donors (Lipinski definition) is 0. The summed E-state index contributed by atoms with van der Waals surface area (Å²) in [5.41, 5.74) is 0.438. The topological polar surface area (TPSA) is 65.1 Å². The predicted molar refractivity (Wildman–Crippen MR) is 94.2 cm³/mol. The van der Waals surface area contributed by atoms with E-state index in [1.807, 2.05) is 6.92 Å². The Labute approximate surface area is 150 Å². The Hall–Kier alpha value is -1.40. The molecule has 0 bridgehead atoms. The lowest BCUT2D eigenvalue weighted by molar-refractivity contribution is -0.156. The molecule has 6 nitrogen and oxygen atoms in total. The summed E-state index contributed by atoms with van der Waals surface area (Å²) in [6.07, 6.45) is 7.38. The van der Waals surface area contributed by atoms with Gasteiger partial charge in [0, 0.05) is 24.7 Å². The largest absolute Gasteiger partial charge is 0.458 e. The summed E-state index contributed by atoms with van der Waals surface area (Å²) >= 11 is 0. The van der Waals surface area contributed by atoms with Gasteiger partial charge in [0.05, 0.1) is 13.2 Å². The van der Waals surface area contributed by atoms with Gasteiger partial charge in [0.1, 0.15) is 12.7 Å². The van der Waals surface area contributed by atoms with Crippen LogP contribution in [0.1, 0.15) is 51.9 Å². The highest BCUT2D eigenvalue weighted by Crippen LogP contribution is 2.16. The summed E-state index contributed by atoms with van der Waals surface area (Å²) in [5, 5.41) is 0. The van der Waals surface area contributed by atoms with Crippen molar-refractivity contribution in [2.75, 3.05) is 39.5 Å². The fourth-order valence-electron chi connectivity index (χ4n) is 3.16. The lowest BCUT2D eigenvalue weighted by atomic mass is 10.1. The average molecular weight is 353 g/mol. The molecule has 2 aliphatic rings. The fraction of sp³-hybridized carbons (Fsp3) is 0.789. The number of morpholine rings is 1. The maximum atomic E-state index is 12.1. The zero-order valence-electron chi connectivity index (χ0n) is 15.3. The second-order valence-electron chi connectivity index (χ2n) is 6.73. The van der Waals surface area contributed by atoms with Crippen LogP contribution in [0.15, 0.2) is 11.6 Å². The SMILES string of the molecule is CCCC1COC(=O)/C(CCCCCCN2CCOCC2)=C/C(=O)O1. The molecule has 1 unspecified atom stereocenters. The molecule has 1 fully saturated rings. The van der Waals surface area contributed by atoms with E-state index in [4.69, 9.17) is 14.2 Å². The van der Waals surface area contributed by atoms with E-state index >= 15 is 0 Å². The molecule has 25 heavy (non-hydrogen) atoms. The Balaban J connectivity index is 1.64. The summed E-state index contributed by atoms with van der Waals surface area (Å²) in [4.78, 5) is 26.4. The van der Waals surface area contributed by atoms with Gasteiger partial charge < -0.3 is 14.2 Å². The highest BCUT2D eigenvalue weighted by Gasteiger charge is 2.22. The van der Waals surface area contributed by atoms with Crippen molar-refractivity contribution in [1.82, 2.24) is 4.90 Å². The van der Waals surface area contributed by atoms with Crippen molar-refractivity contribution in [1.29, 1.82) is 0 Å². The van der Waals surface area contributed by atoms with Crippen molar-refractivity contribution in [2.24, 2.45) is 0 Å². The van der Waals surface area contributed by atoms with E-state index < -0.39 is 5.97 Å². The molecular formula is C19H31NO5. The van der Waals surface area contributed by atoms with Crippen LogP contribution in [0.2, 0.25) is 0 Å². The van der Waals surface area contributed by atoms with E-state index in [9.17, 15) is 9.59 Å². The predicted octanol–water partition coefficient (Wildman–Crippen LogP) is 2.46. The van der Waals surface area contributed by atoms with Crippen molar-refractivity contribution in [3.63, 3.8) is 0 Å². The maximum absolute atomic E-state index is 12.1. The van der Waals surface area contributed by atoms with Crippen LogP contribution in [-0.2, 0) is 23.8 Å². The summed E-state index contributed by atoms with van der Waals surface area (Å²) in [7, 11) is 0. The number of unbranched alkanes of at least 4 members (excludes halogenated alkanes) is 3. The number of ether oxygens (including phenoxy) is 3. The first kappa shape index (κ1) is 19.9. The van der Waals surface area contributed by atoms with Crippen LogP contribution in [-0.4, -0.2) is 62.4 Å². The van der Waals surface area contributed by atoms with Gasteiger partial charge in [-0.1, -0.05) is 26.2 Å². The van der Waals surface area contributed by atoms with E-state index in [1.54, 1.807) is 0 Å². The molecule has 0 saturated carbocycles. The van der Waals surface area contributed by atoms with E-state index in [0.717, 1.165) is 65.0 Å². The highest BCUT2D eigenvalue weighted by molar-refractivity contribution is 5.96. The van der Waals surface area contributed by atoms with Gasteiger partial charge in [-0.2, -0.15) is 0 Å². The third-order valence-corrected chi connectivity index (χ3v) is 4.62. The molecule has 6 heteroatoms. The minimum atomic E-state index is -0.419. The molecule has 0 amide bonds. The zero-order chi connectivity index (χ0) is 17.9. The molecule has 0 aromatic carbocycles. The Bertz CT molecular complexity index is 457. The first-order chi connectivity index (χ1) is 12.2. The van der Waals surface area contributed by atoms with Gasteiger partial charge >= 0.3 is 11.9 Å². The summed E-state index contributed by atoms with van der Waals surface area (Å²) < 4.78 is 15.9. The number of hydrogen-bond acceptors (Lipinski definition) is 6. The van der Waals surface area contributed by atoms with Gasteiger partial charge in [-0.3, -0.25) is 4.90 Å². The molecule has 0 aliphatic carbocycles. The highest BCUT2D eigenvalue weighted by atomic mass is 16.6. The number of carbonyl (C=O) groups excluding carboxylic acids is 2. The number of cyclic esters (lactones) is 2. The van der Waals surface area contributed by atoms with Gasteiger partial charge in [0.15, 0.2) is 0 Å². The Morgan fingerprint density at radius 1 is 1.12 bits per heavy atom. The van der Waals surface area contributed by atoms with Crippen LogP contribution in [0, 0.1) is 0 Å². The average Bonchev–Trinajstić information content (AvgIpc) is 2.61. The monoisotopic (exact) mass is 353 g/mol. The van der Waals surface area contributed by atoms with Gasteiger partial charge in [0.2, 0.25) is 0 Å². The summed E-state index contributed by atoms with van der Waals surface area (Å²) in [6.45, 7) is 7.01. The number of rotatable bonds is 9. The fourth-order valence-corrected chi connectivity index (χ4v) is 3.16. The molecule has 0 radical (unpaired) electrons. The molecule has 0 aromatic rings. The van der Waals surface area contributed by atoms with E-state index in [1.165, 1.54) is 6.08 Å². The summed E-state index contributed by atoms with van der Waals surface area (Å²) in [5.74, 6) is -0.788. The van der Waals surface area contributed by atoms with Crippen LogP contribution >= 0.6 is 0 Å². The van der Waals surface area contributed by atoms with E-state index in [0.29, 0.717) is 18.4 Å². The minimum Gasteiger partial charge on any atom is -0.458 e. The first-order valence-electron chi connectivity index (χ1n) is 9.57. The van der Waals surface area contributed by atoms with Gasteiger partial charge in [-0.05, 0) is 32.2 Å². The smallest absolute Gasteiger partial charge is 0.334 e. The standard InChI is InChI=1S/C19H31NO5/c1-2-7-17-15-24-19(22)16(14-18(21)25-17)8-5-3-4-6-9-20-10-12-23-13-11-20/h14,17H,2-13,15H2,1H3/b16-14+. The molecule has 2 aliphatic heterocycles. The van der Waals surface area contributed by atoms with E-state index in [-0.39, 0.29) is 18.7 Å².